The summed E-state index contributed by atoms with van der Waals surface area (Å²) in [7, 11) is 0. The number of nitrogens with zero attached hydrogens (tertiary/aromatic N) is 1. The van der Waals surface area contributed by atoms with Crippen LogP contribution in [0.25, 0.3) is 11.5 Å². The minimum atomic E-state index is 0.679. The third kappa shape index (κ3) is 2.31. The van der Waals surface area contributed by atoms with Crippen molar-refractivity contribution in [1.82, 2.24) is 4.98 Å². The van der Waals surface area contributed by atoms with Crippen LogP contribution in [0.3, 0.4) is 0 Å². The number of hydrogen-bond donors (Lipinski definition) is 1. The molecule has 0 aliphatic carbocycles. The van der Waals surface area contributed by atoms with Gasteiger partial charge in [0.1, 0.15) is 6.26 Å². The molecule has 0 unspecified atom stereocenters. The monoisotopic (exact) mass is 216 g/mol. The molecule has 3 nitrogen and oxygen atoms in total. The maximum absolute atomic E-state index is 5.50. The van der Waals surface area contributed by atoms with E-state index in [1.807, 2.05) is 12.1 Å². The zero-order valence-corrected chi connectivity index (χ0v) is 9.44. The molecule has 0 amide bonds. The quantitative estimate of drug-likeness (QED) is 0.853. The highest BCUT2D eigenvalue weighted by atomic mass is 16.3. The molecule has 1 aromatic heterocycles. The molecule has 0 radical (unpaired) electrons. The molecular weight excluding hydrogens is 200 g/mol. The van der Waals surface area contributed by atoms with Crippen LogP contribution in [0.2, 0.25) is 0 Å². The van der Waals surface area contributed by atoms with Crippen molar-refractivity contribution in [3.05, 3.63) is 41.8 Å². The minimum Gasteiger partial charge on any atom is -0.444 e. The van der Waals surface area contributed by atoms with Gasteiger partial charge in [-0.3, -0.25) is 0 Å². The third-order valence-electron chi connectivity index (χ3n) is 2.55. The first-order chi connectivity index (χ1) is 7.83. The molecule has 2 aromatic rings. The number of aromatic nitrogens is 1. The summed E-state index contributed by atoms with van der Waals surface area (Å²) >= 11 is 0. The Labute approximate surface area is 95.3 Å². The molecule has 84 valence electrons. The summed E-state index contributed by atoms with van der Waals surface area (Å²) in [6.07, 6.45) is 3.52. The highest BCUT2D eigenvalue weighted by Crippen LogP contribution is 2.19. The molecule has 0 atom stereocenters. The fraction of sp³-hybridized carbons (Fsp3) is 0.308. The fourth-order valence-corrected chi connectivity index (χ4v) is 1.58. The maximum Gasteiger partial charge on any atom is 0.226 e. The van der Waals surface area contributed by atoms with Gasteiger partial charge in [0.2, 0.25) is 5.89 Å². The van der Waals surface area contributed by atoms with E-state index in [0.717, 1.165) is 24.1 Å². The second kappa shape index (κ2) is 4.94. The lowest BCUT2D eigenvalue weighted by Gasteiger charge is -1.99. The Bertz CT molecular complexity index is 445. The van der Waals surface area contributed by atoms with Gasteiger partial charge in [-0.15, -0.1) is 0 Å². The SMILES string of the molecule is CCc1coc(-c2ccc(CCN)cc2)n1. The van der Waals surface area contributed by atoms with Crippen LogP contribution in [0.5, 0.6) is 0 Å². The second-order valence-electron chi connectivity index (χ2n) is 3.73. The summed E-state index contributed by atoms with van der Waals surface area (Å²) in [5, 5.41) is 0. The number of hydrogen-bond acceptors (Lipinski definition) is 3. The summed E-state index contributed by atoms with van der Waals surface area (Å²) < 4.78 is 5.41. The van der Waals surface area contributed by atoms with Crippen LogP contribution < -0.4 is 5.73 Å². The molecule has 16 heavy (non-hydrogen) atoms. The number of aryl methyl sites for hydroxylation is 1. The van der Waals surface area contributed by atoms with E-state index in [9.17, 15) is 0 Å². The number of nitrogens with two attached hydrogens (primary N) is 1. The largest absolute Gasteiger partial charge is 0.444 e. The van der Waals surface area contributed by atoms with Gasteiger partial charge < -0.3 is 10.2 Å². The second-order valence-corrected chi connectivity index (χ2v) is 3.73. The van der Waals surface area contributed by atoms with Crippen molar-refractivity contribution in [3.63, 3.8) is 0 Å². The van der Waals surface area contributed by atoms with E-state index in [0.29, 0.717) is 12.4 Å². The van der Waals surface area contributed by atoms with Gasteiger partial charge >= 0.3 is 0 Å². The van der Waals surface area contributed by atoms with E-state index in [4.69, 9.17) is 10.2 Å². The number of benzene rings is 1. The summed E-state index contributed by atoms with van der Waals surface area (Å²) in [6.45, 7) is 2.74. The van der Waals surface area contributed by atoms with Gasteiger partial charge in [-0.25, -0.2) is 4.98 Å². The van der Waals surface area contributed by atoms with E-state index in [-0.39, 0.29) is 0 Å². The minimum absolute atomic E-state index is 0.679. The molecule has 0 fully saturated rings. The summed E-state index contributed by atoms with van der Waals surface area (Å²) in [4.78, 5) is 4.38. The highest BCUT2D eigenvalue weighted by molar-refractivity contribution is 5.53. The molecule has 3 heteroatoms. The van der Waals surface area contributed by atoms with E-state index in [1.54, 1.807) is 6.26 Å². The third-order valence-corrected chi connectivity index (χ3v) is 2.55. The van der Waals surface area contributed by atoms with Crippen molar-refractivity contribution < 1.29 is 4.42 Å². The molecule has 0 aliphatic heterocycles. The van der Waals surface area contributed by atoms with Crippen molar-refractivity contribution in [1.29, 1.82) is 0 Å². The molecular formula is C13H16N2O. The Balaban J connectivity index is 2.20. The average molecular weight is 216 g/mol. The summed E-state index contributed by atoms with van der Waals surface area (Å²) in [6, 6.07) is 8.18. The summed E-state index contributed by atoms with van der Waals surface area (Å²) in [5.41, 5.74) is 8.75. The van der Waals surface area contributed by atoms with Gasteiger partial charge in [-0.2, -0.15) is 0 Å². The van der Waals surface area contributed by atoms with Gasteiger partial charge in [-0.1, -0.05) is 19.1 Å². The lowest BCUT2D eigenvalue weighted by Crippen LogP contribution is -2.02. The van der Waals surface area contributed by atoms with Crippen LogP contribution in [0.1, 0.15) is 18.2 Å². The van der Waals surface area contributed by atoms with Gasteiger partial charge in [-0.05, 0) is 37.1 Å². The van der Waals surface area contributed by atoms with Gasteiger partial charge in [0.15, 0.2) is 0 Å². The molecule has 0 saturated heterocycles. The number of oxazole rings is 1. The van der Waals surface area contributed by atoms with Gasteiger partial charge in [0, 0.05) is 5.56 Å². The standard InChI is InChI=1S/C13H16N2O/c1-2-12-9-16-13(15-12)11-5-3-10(4-6-11)7-8-14/h3-6,9H,2,7-8,14H2,1H3. The normalized spacial score (nSPS) is 10.6. The molecule has 2 N–H and O–H groups in total. The van der Waals surface area contributed by atoms with Crippen LogP contribution in [-0.2, 0) is 12.8 Å². The van der Waals surface area contributed by atoms with Crippen molar-refractivity contribution in [2.75, 3.05) is 6.54 Å². The first-order valence-corrected chi connectivity index (χ1v) is 5.57. The molecule has 0 bridgehead atoms. The van der Waals surface area contributed by atoms with E-state index < -0.39 is 0 Å². The Morgan fingerprint density at radius 2 is 2.00 bits per heavy atom. The van der Waals surface area contributed by atoms with Crippen LogP contribution >= 0.6 is 0 Å². The van der Waals surface area contributed by atoms with E-state index in [2.05, 4.69) is 24.0 Å². The van der Waals surface area contributed by atoms with Crippen LogP contribution in [0, 0.1) is 0 Å². The molecule has 0 saturated carbocycles. The zero-order valence-electron chi connectivity index (χ0n) is 9.44. The summed E-state index contributed by atoms with van der Waals surface area (Å²) in [5.74, 6) is 0.691. The van der Waals surface area contributed by atoms with Crippen LogP contribution in [0.4, 0.5) is 0 Å². The maximum atomic E-state index is 5.50. The molecule has 2 rings (SSSR count). The van der Waals surface area contributed by atoms with Gasteiger partial charge in [0.25, 0.3) is 0 Å². The van der Waals surface area contributed by atoms with Gasteiger partial charge in [0.05, 0.1) is 5.69 Å². The Hall–Kier alpha value is -1.61. The lowest BCUT2D eigenvalue weighted by molar-refractivity contribution is 0.573. The highest BCUT2D eigenvalue weighted by Gasteiger charge is 2.05. The Morgan fingerprint density at radius 1 is 1.25 bits per heavy atom. The Kier molecular flexibility index (Phi) is 3.37. The zero-order chi connectivity index (χ0) is 11.4. The smallest absolute Gasteiger partial charge is 0.226 e. The van der Waals surface area contributed by atoms with E-state index in [1.165, 1.54) is 5.56 Å². The molecule has 0 spiro atoms. The van der Waals surface area contributed by atoms with Crippen molar-refractivity contribution in [2.24, 2.45) is 5.73 Å². The van der Waals surface area contributed by atoms with Crippen molar-refractivity contribution in [2.45, 2.75) is 19.8 Å². The molecule has 0 aliphatic rings. The van der Waals surface area contributed by atoms with Crippen LogP contribution in [0.15, 0.2) is 34.9 Å². The predicted octanol–water partition coefficient (Wildman–Crippen LogP) is 2.41. The first kappa shape index (κ1) is 10.9. The van der Waals surface area contributed by atoms with E-state index >= 15 is 0 Å². The molecule has 1 heterocycles. The number of rotatable bonds is 4. The Morgan fingerprint density at radius 3 is 2.56 bits per heavy atom. The average Bonchev–Trinajstić information content (AvgIpc) is 2.79. The van der Waals surface area contributed by atoms with Crippen molar-refractivity contribution >= 4 is 0 Å². The van der Waals surface area contributed by atoms with Crippen LogP contribution in [-0.4, -0.2) is 11.5 Å². The molecule has 1 aromatic carbocycles. The lowest BCUT2D eigenvalue weighted by atomic mass is 10.1. The fourth-order valence-electron chi connectivity index (χ4n) is 1.58. The predicted molar refractivity (Wildman–Crippen MR) is 64.1 cm³/mol. The topological polar surface area (TPSA) is 52.0 Å². The first-order valence-electron chi connectivity index (χ1n) is 5.57. The van der Waals surface area contributed by atoms with Crippen molar-refractivity contribution in [3.8, 4) is 11.5 Å².